The summed E-state index contributed by atoms with van der Waals surface area (Å²) >= 11 is 0. The van der Waals surface area contributed by atoms with E-state index in [1.54, 1.807) is 0 Å². The highest BCUT2D eigenvalue weighted by Gasteiger charge is 2.37. The van der Waals surface area contributed by atoms with Crippen LogP contribution >= 0.6 is 0 Å². The van der Waals surface area contributed by atoms with E-state index in [4.69, 9.17) is 15.0 Å². The molecule has 1 aliphatic rings. The fraction of sp³-hybridized carbons (Fsp3) is 0.0517. The first kappa shape index (κ1) is 36.7. The number of hydrogen-bond donors (Lipinski definition) is 0. The second kappa shape index (κ2) is 14.5. The molecule has 3 heterocycles. The molecular weight excluding hydrogens is 767 g/mol. The van der Waals surface area contributed by atoms with E-state index >= 15 is 0 Å². The topological polar surface area (TPSA) is 46.8 Å². The van der Waals surface area contributed by atoms with Crippen LogP contribution in [-0.4, -0.2) is 19.5 Å². The molecule has 0 N–H and O–H groups in total. The summed E-state index contributed by atoms with van der Waals surface area (Å²) in [5, 5.41) is 4.68. The van der Waals surface area contributed by atoms with Gasteiger partial charge in [-0.3, -0.25) is 4.57 Å². The van der Waals surface area contributed by atoms with Crippen LogP contribution in [0.25, 0.3) is 83.6 Å². The largest absolute Gasteiger partial charge is 0.310 e. The maximum atomic E-state index is 5.33. The van der Waals surface area contributed by atoms with Crippen LogP contribution in [0.1, 0.15) is 25.0 Å². The lowest BCUT2D eigenvalue weighted by molar-refractivity contribution is 0.632. The molecule has 12 rings (SSSR count). The Bertz CT molecular complexity index is 3520. The van der Waals surface area contributed by atoms with Crippen LogP contribution in [0.2, 0.25) is 0 Å². The lowest BCUT2D eigenvalue weighted by atomic mass is 9.73. The quantitative estimate of drug-likeness (QED) is 0.168. The van der Waals surface area contributed by atoms with Crippen LogP contribution in [0.4, 0.5) is 17.1 Å². The van der Waals surface area contributed by atoms with Crippen LogP contribution in [0.5, 0.6) is 0 Å². The number of aromatic nitrogens is 4. The van der Waals surface area contributed by atoms with Crippen molar-refractivity contribution in [2.24, 2.45) is 0 Å². The summed E-state index contributed by atoms with van der Waals surface area (Å²) in [5.41, 5.74) is 14.4. The molecule has 11 aromatic rings. The molecule has 5 heteroatoms. The first-order chi connectivity index (χ1) is 31.0. The van der Waals surface area contributed by atoms with Crippen molar-refractivity contribution in [1.82, 2.24) is 19.5 Å². The molecule has 0 aliphatic carbocycles. The third-order valence-corrected chi connectivity index (χ3v) is 12.8. The normalized spacial score (nSPS) is 13.0. The number of benzene rings is 9. The van der Waals surface area contributed by atoms with Crippen LogP contribution in [0.3, 0.4) is 0 Å². The fourth-order valence-electron chi connectivity index (χ4n) is 9.69. The second-order valence-corrected chi connectivity index (χ2v) is 16.9. The van der Waals surface area contributed by atoms with Gasteiger partial charge in [0.05, 0.1) is 22.4 Å². The van der Waals surface area contributed by atoms with Crippen molar-refractivity contribution in [3.05, 3.63) is 223 Å². The van der Waals surface area contributed by atoms with E-state index < -0.39 is 0 Å². The van der Waals surface area contributed by atoms with E-state index in [9.17, 15) is 0 Å². The molecule has 9 aromatic carbocycles. The van der Waals surface area contributed by atoms with E-state index in [2.05, 4.69) is 211 Å². The van der Waals surface area contributed by atoms with Gasteiger partial charge >= 0.3 is 0 Å². The summed E-state index contributed by atoms with van der Waals surface area (Å²) in [6, 6.07) is 75.6. The van der Waals surface area contributed by atoms with Gasteiger partial charge < -0.3 is 4.90 Å². The molecule has 0 fully saturated rings. The van der Waals surface area contributed by atoms with E-state index in [1.165, 1.54) is 44.2 Å². The van der Waals surface area contributed by atoms with Crippen LogP contribution < -0.4 is 4.90 Å². The number of hydrogen-bond acceptors (Lipinski definition) is 4. The third-order valence-electron chi connectivity index (χ3n) is 12.8. The summed E-state index contributed by atoms with van der Waals surface area (Å²) in [5.74, 6) is 1.80. The summed E-state index contributed by atoms with van der Waals surface area (Å²) in [7, 11) is 0. The first-order valence-electron chi connectivity index (χ1n) is 21.5. The van der Waals surface area contributed by atoms with Crippen molar-refractivity contribution in [1.29, 1.82) is 0 Å². The molecule has 0 saturated carbocycles. The van der Waals surface area contributed by atoms with Crippen molar-refractivity contribution in [2.75, 3.05) is 4.90 Å². The Morgan fingerprint density at radius 1 is 0.381 bits per heavy atom. The lowest BCUT2D eigenvalue weighted by Crippen LogP contribution is -2.30. The van der Waals surface area contributed by atoms with Gasteiger partial charge in [-0.2, -0.15) is 9.97 Å². The second-order valence-electron chi connectivity index (χ2n) is 16.9. The zero-order valence-electron chi connectivity index (χ0n) is 34.9. The van der Waals surface area contributed by atoms with Crippen LogP contribution in [-0.2, 0) is 5.41 Å². The molecule has 0 saturated heterocycles. The van der Waals surface area contributed by atoms with Gasteiger partial charge in [-0.25, -0.2) is 4.98 Å². The monoisotopic (exact) mass is 807 g/mol. The van der Waals surface area contributed by atoms with Crippen molar-refractivity contribution >= 4 is 49.6 Å². The summed E-state index contributed by atoms with van der Waals surface area (Å²) in [6.07, 6.45) is 0. The minimum atomic E-state index is -0.193. The number of rotatable bonds is 6. The van der Waals surface area contributed by atoms with Crippen molar-refractivity contribution in [2.45, 2.75) is 19.3 Å². The lowest BCUT2D eigenvalue weighted by Gasteiger charge is -2.42. The van der Waals surface area contributed by atoms with E-state index in [0.717, 1.165) is 49.9 Å². The molecular formula is C58H41N5. The molecule has 298 valence electrons. The molecule has 63 heavy (non-hydrogen) atoms. The van der Waals surface area contributed by atoms with Gasteiger partial charge in [0.15, 0.2) is 11.6 Å². The molecule has 0 amide bonds. The van der Waals surface area contributed by atoms with E-state index in [1.807, 2.05) is 24.3 Å². The molecule has 2 aromatic heterocycles. The van der Waals surface area contributed by atoms with Gasteiger partial charge in [-0.1, -0.05) is 190 Å². The number of nitrogens with zero attached hydrogens (tertiary/aromatic N) is 5. The molecule has 0 radical (unpaired) electrons. The highest BCUT2D eigenvalue weighted by Crippen LogP contribution is 2.52. The zero-order valence-corrected chi connectivity index (χ0v) is 34.9. The van der Waals surface area contributed by atoms with E-state index in [-0.39, 0.29) is 5.41 Å². The zero-order chi connectivity index (χ0) is 42.1. The number of fused-ring (bicyclic) bond motifs is 7. The average molecular weight is 808 g/mol. The van der Waals surface area contributed by atoms with Gasteiger partial charge in [0.2, 0.25) is 5.95 Å². The van der Waals surface area contributed by atoms with Gasteiger partial charge in [-0.15, -0.1) is 0 Å². The Balaban J connectivity index is 1.08. The maximum Gasteiger partial charge on any atom is 0.238 e. The molecule has 5 nitrogen and oxygen atoms in total. The first-order valence-corrected chi connectivity index (χ1v) is 21.5. The fourth-order valence-corrected chi connectivity index (χ4v) is 9.69. The predicted octanol–water partition coefficient (Wildman–Crippen LogP) is 14.9. The Morgan fingerprint density at radius 2 is 0.937 bits per heavy atom. The van der Waals surface area contributed by atoms with Gasteiger partial charge in [0.1, 0.15) is 0 Å². The predicted molar refractivity (Wildman–Crippen MR) is 260 cm³/mol. The minimum Gasteiger partial charge on any atom is -0.310 e. The summed E-state index contributed by atoms with van der Waals surface area (Å²) in [6.45, 7) is 4.68. The standard InChI is InChI=1S/C58H41N5/c1-58(2)48-24-14-15-25-50(48)62(45-21-10-5-11-22-45)53-37-44(31-34-49(53)58)43-30-33-47-52(36-43)63(51-35-32-40-18-12-13-23-46(40)54(47)51)57-60-55(41-19-8-4-9-20-41)59-56(61-57)42-28-26-39(27-29-42)38-16-6-3-7-17-38/h3-37H,1-2H3. The van der Waals surface area contributed by atoms with Crippen molar-refractivity contribution in [3.8, 4) is 51.0 Å². The number of para-hydroxylation sites is 2. The van der Waals surface area contributed by atoms with Gasteiger partial charge in [0.25, 0.3) is 0 Å². The van der Waals surface area contributed by atoms with Crippen LogP contribution in [0.15, 0.2) is 212 Å². The van der Waals surface area contributed by atoms with E-state index in [0.29, 0.717) is 17.6 Å². The smallest absolute Gasteiger partial charge is 0.238 e. The Labute approximate surface area is 366 Å². The SMILES string of the molecule is CC1(C)c2ccccc2N(c2ccccc2)c2cc(-c3ccc4c5c6ccccc6ccc5n(-c5nc(-c6ccccc6)nc(-c6ccc(-c7ccccc7)cc6)n5)c4c3)ccc21. The highest BCUT2D eigenvalue weighted by molar-refractivity contribution is 6.21. The summed E-state index contributed by atoms with van der Waals surface area (Å²) < 4.78 is 2.24. The van der Waals surface area contributed by atoms with Crippen LogP contribution in [0, 0.1) is 0 Å². The molecule has 0 spiro atoms. The maximum absolute atomic E-state index is 5.33. The Kier molecular flexibility index (Phi) is 8.44. The molecule has 0 unspecified atom stereocenters. The minimum absolute atomic E-state index is 0.193. The molecule has 1 aliphatic heterocycles. The van der Waals surface area contributed by atoms with Gasteiger partial charge in [-0.05, 0) is 80.6 Å². The van der Waals surface area contributed by atoms with Crippen molar-refractivity contribution < 1.29 is 0 Å². The molecule has 0 bridgehead atoms. The average Bonchev–Trinajstić information content (AvgIpc) is 3.69. The van der Waals surface area contributed by atoms with Gasteiger partial charge in [0, 0.05) is 33.0 Å². The molecule has 0 atom stereocenters. The third kappa shape index (κ3) is 6.04. The highest BCUT2D eigenvalue weighted by atomic mass is 15.2. The Hall–Kier alpha value is -8.15. The van der Waals surface area contributed by atoms with Crippen molar-refractivity contribution in [3.63, 3.8) is 0 Å². The summed E-state index contributed by atoms with van der Waals surface area (Å²) in [4.78, 5) is 18.2. The Morgan fingerprint density at radius 3 is 1.70 bits per heavy atom. The number of anilines is 3.